The molecule has 0 atom stereocenters. The molecule has 2 saturated carbocycles. The van der Waals surface area contributed by atoms with Crippen molar-refractivity contribution < 1.29 is 24.5 Å². The normalized spacial score (nSPS) is 15.1. The van der Waals surface area contributed by atoms with Gasteiger partial charge in [-0.1, -0.05) is 131 Å². The standard InChI is InChI=1S/C30H27N2O.C20H26NSi.Ir/c1-19-6-5-7-20(2)30(19)27-17-29-25(18-32-27)24-16-23(10-11-28(24)33-29)26-15-22(12-13-31-26)14-21-8-3-4-9-21;1-22(2,3)19-13-14-20(21-15-19)18-11-9-17(10-12-18)16-7-5-4-6-8-16;/h5-7,11-13,15-18,21H,3-4,8-9,14H2,1-2H3;9-11,13-16H,4-8H2,1-3H3;/q2*-1;. The minimum atomic E-state index is -1.26. The quantitative estimate of drug-likeness (QED) is 0.118. The van der Waals surface area contributed by atoms with Crippen LogP contribution in [0.2, 0.25) is 19.6 Å². The third kappa shape index (κ3) is 8.99. The van der Waals surface area contributed by atoms with Crippen LogP contribution in [0.3, 0.4) is 0 Å². The van der Waals surface area contributed by atoms with Gasteiger partial charge in [0.25, 0.3) is 0 Å². The molecule has 9 rings (SSSR count). The smallest absolute Gasteiger partial charge is 0.124 e. The molecule has 0 unspecified atom stereocenters. The second-order valence-corrected chi connectivity index (χ2v) is 22.1. The zero-order valence-corrected chi connectivity index (χ0v) is 36.9. The molecule has 4 aromatic heterocycles. The van der Waals surface area contributed by atoms with Crippen LogP contribution < -0.4 is 5.19 Å². The van der Waals surface area contributed by atoms with Crippen LogP contribution >= 0.6 is 0 Å². The van der Waals surface area contributed by atoms with Crippen LogP contribution in [-0.4, -0.2) is 23.0 Å². The summed E-state index contributed by atoms with van der Waals surface area (Å²) in [5.41, 5.74) is 13.2. The maximum Gasteiger partial charge on any atom is 0.124 e. The first-order chi connectivity index (χ1) is 26.7. The van der Waals surface area contributed by atoms with Crippen molar-refractivity contribution in [3.63, 3.8) is 0 Å². The zero-order chi connectivity index (χ0) is 37.9. The van der Waals surface area contributed by atoms with E-state index >= 15 is 0 Å². The van der Waals surface area contributed by atoms with E-state index in [2.05, 4.69) is 135 Å². The van der Waals surface area contributed by atoms with Crippen molar-refractivity contribution in [1.29, 1.82) is 0 Å². The van der Waals surface area contributed by atoms with E-state index in [0.29, 0.717) is 0 Å². The molecule has 0 saturated heterocycles. The Kier molecular flexibility index (Phi) is 12.5. The minimum Gasteiger partial charge on any atom is -0.500 e. The molecule has 0 amide bonds. The van der Waals surface area contributed by atoms with E-state index in [0.717, 1.165) is 68.4 Å². The van der Waals surface area contributed by atoms with Gasteiger partial charge < -0.3 is 14.4 Å². The molecule has 7 aromatic rings. The molecule has 0 spiro atoms. The Hall–Kier alpha value is -4.22. The van der Waals surface area contributed by atoms with Gasteiger partial charge in [0.05, 0.1) is 19.4 Å². The van der Waals surface area contributed by atoms with Gasteiger partial charge in [0, 0.05) is 55.7 Å². The first-order valence-electron chi connectivity index (χ1n) is 20.4. The van der Waals surface area contributed by atoms with Gasteiger partial charge >= 0.3 is 0 Å². The Labute approximate surface area is 348 Å². The van der Waals surface area contributed by atoms with Gasteiger partial charge in [0.1, 0.15) is 5.58 Å². The maximum absolute atomic E-state index is 6.21. The predicted octanol–water partition coefficient (Wildman–Crippen LogP) is 13.0. The van der Waals surface area contributed by atoms with E-state index < -0.39 is 8.07 Å². The fourth-order valence-electron chi connectivity index (χ4n) is 8.70. The molecule has 4 heterocycles. The number of hydrogen-bond donors (Lipinski definition) is 0. The summed E-state index contributed by atoms with van der Waals surface area (Å²) in [5, 5.41) is 3.50. The molecule has 0 N–H and O–H groups in total. The number of aromatic nitrogens is 3. The van der Waals surface area contributed by atoms with E-state index in [4.69, 9.17) is 9.40 Å². The van der Waals surface area contributed by atoms with Crippen molar-refractivity contribution in [2.24, 2.45) is 5.92 Å². The van der Waals surface area contributed by atoms with E-state index in [1.807, 2.05) is 18.5 Å². The van der Waals surface area contributed by atoms with Gasteiger partial charge in [-0.05, 0) is 60.0 Å². The summed E-state index contributed by atoms with van der Waals surface area (Å²) in [6.07, 6.45) is 19.4. The van der Waals surface area contributed by atoms with Gasteiger partial charge in [0.2, 0.25) is 0 Å². The minimum absolute atomic E-state index is 0. The van der Waals surface area contributed by atoms with Crippen LogP contribution in [0.25, 0.3) is 55.7 Å². The van der Waals surface area contributed by atoms with Crippen molar-refractivity contribution in [3.05, 3.63) is 132 Å². The third-order valence-electron chi connectivity index (χ3n) is 11.9. The van der Waals surface area contributed by atoms with Crippen LogP contribution in [-0.2, 0) is 26.5 Å². The Morgan fingerprint density at radius 1 is 0.661 bits per heavy atom. The third-order valence-corrected chi connectivity index (χ3v) is 14.0. The number of fused-ring (bicyclic) bond motifs is 3. The first-order valence-corrected chi connectivity index (χ1v) is 23.9. The van der Waals surface area contributed by atoms with Crippen molar-refractivity contribution in [1.82, 2.24) is 15.0 Å². The molecule has 2 aliphatic carbocycles. The summed E-state index contributed by atoms with van der Waals surface area (Å²) >= 11 is 0. The molecule has 289 valence electrons. The van der Waals surface area contributed by atoms with Gasteiger partial charge in [-0.3, -0.25) is 4.98 Å². The average molecular weight is 932 g/mol. The molecule has 2 fully saturated rings. The monoisotopic (exact) mass is 932 g/mol. The molecule has 3 aromatic carbocycles. The summed E-state index contributed by atoms with van der Waals surface area (Å²) in [4.78, 5) is 14.1. The summed E-state index contributed by atoms with van der Waals surface area (Å²) in [6, 6.07) is 34.8. The maximum atomic E-state index is 6.21. The summed E-state index contributed by atoms with van der Waals surface area (Å²) in [7, 11) is -1.26. The molecular weight excluding hydrogens is 879 g/mol. The van der Waals surface area contributed by atoms with Gasteiger partial charge in [-0.2, -0.15) is 0 Å². The second-order valence-electron chi connectivity index (χ2n) is 17.0. The molecule has 4 nitrogen and oxygen atoms in total. The molecule has 1 radical (unpaired) electrons. The van der Waals surface area contributed by atoms with Crippen LogP contribution in [0.4, 0.5) is 0 Å². The topological polar surface area (TPSA) is 51.8 Å². The summed E-state index contributed by atoms with van der Waals surface area (Å²) in [6.45, 7) is 11.3. The number of rotatable bonds is 7. The number of pyridine rings is 3. The second kappa shape index (κ2) is 17.5. The van der Waals surface area contributed by atoms with Crippen LogP contribution in [0, 0.1) is 31.9 Å². The summed E-state index contributed by atoms with van der Waals surface area (Å²) in [5.74, 6) is 1.57. The number of furan rings is 1. The van der Waals surface area contributed by atoms with Crippen molar-refractivity contribution in [2.45, 2.75) is 104 Å². The predicted molar refractivity (Wildman–Crippen MR) is 231 cm³/mol. The average Bonchev–Trinajstić information content (AvgIpc) is 3.85. The van der Waals surface area contributed by atoms with Crippen LogP contribution in [0.15, 0.2) is 102 Å². The fourth-order valence-corrected chi connectivity index (χ4v) is 9.73. The van der Waals surface area contributed by atoms with Crippen molar-refractivity contribution in [2.75, 3.05) is 0 Å². The molecule has 0 aliphatic heterocycles. The van der Waals surface area contributed by atoms with E-state index in [1.54, 1.807) is 0 Å². The molecule has 0 bridgehead atoms. The fraction of sp³-hybridized carbons (Fsp3) is 0.340. The zero-order valence-electron chi connectivity index (χ0n) is 33.5. The number of aryl methyl sites for hydroxylation is 2. The van der Waals surface area contributed by atoms with E-state index in [-0.39, 0.29) is 20.1 Å². The molecule has 2 aliphatic rings. The van der Waals surface area contributed by atoms with Gasteiger partial charge in [-0.15, -0.1) is 59.2 Å². The Balaban J connectivity index is 0.000000183. The van der Waals surface area contributed by atoms with Gasteiger partial charge in [-0.25, -0.2) is 0 Å². The van der Waals surface area contributed by atoms with Gasteiger partial charge in [0.15, 0.2) is 0 Å². The number of nitrogens with zero attached hydrogens (tertiary/aromatic N) is 3. The molecular formula is C50H53IrN3OSi-2. The Bertz CT molecular complexity index is 2380. The first kappa shape index (κ1) is 40.0. The largest absolute Gasteiger partial charge is 0.500 e. The summed E-state index contributed by atoms with van der Waals surface area (Å²) < 4.78 is 6.21. The SMILES string of the molecule is C[Si](C)(C)c1ccc(-c2[c-]cc(C3CCCCC3)cc2)nc1.Cc1cccc(C)c1-c1cc2oc3c[c-]c(-c4cc(CC5CCCC5)ccn4)cc3c2cn1.[Ir]. The van der Waals surface area contributed by atoms with E-state index in [1.165, 1.54) is 90.8 Å². The van der Waals surface area contributed by atoms with Crippen LogP contribution in [0.1, 0.15) is 86.0 Å². The van der Waals surface area contributed by atoms with Crippen molar-refractivity contribution in [3.8, 4) is 33.8 Å². The molecule has 56 heavy (non-hydrogen) atoms. The Morgan fingerprint density at radius 3 is 2.09 bits per heavy atom. The van der Waals surface area contributed by atoms with Crippen LogP contribution in [0.5, 0.6) is 0 Å². The van der Waals surface area contributed by atoms with E-state index in [9.17, 15) is 0 Å². The number of benzene rings is 3. The molecule has 6 heteroatoms. The Morgan fingerprint density at radius 2 is 1.39 bits per heavy atom. The van der Waals surface area contributed by atoms with Crippen molar-refractivity contribution >= 4 is 35.2 Å². The number of hydrogen-bond acceptors (Lipinski definition) is 4.